The van der Waals surface area contributed by atoms with Crippen molar-refractivity contribution in [3.8, 4) is 5.69 Å². The van der Waals surface area contributed by atoms with E-state index in [4.69, 9.17) is 9.05 Å². The molecule has 0 radical (unpaired) electrons. The minimum absolute atomic E-state index is 0.262. The van der Waals surface area contributed by atoms with Crippen LogP contribution in [0.4, 0.5) is 0 Å². The number of aromatic nitrogens is 1. The highest BCUT2D eigenvalue weighted by Crippen LogP contribution is 2.49. The molecule has 19 heavy (non-hydrogen) atoms. The molecule has 0 fully saturated rings. The van der Waals surface area contributed by atoms with Crippen molar-refractivity contribution in [2.75, 3.05) is 14.2 Å². The minimum Gasteiger partial charge on any atom is -0.313 e. The molecule has 1 aromatic carbocycles. The predicted molar refractivity (Wildman–Crippen MR) is 71.7 cm³/mol. The molecule has 100 valence electrons. The maximum atomic E-state index is 12.3. The first kappa shape index (κ1) is 13.7. The normalized spacial score (nSPS) is 11.5. The minimum atomic E-state index is -3.77. The zero-order valence-electron chi connectivity index (χ0n) is 10.6. The second-order valence-corrected chi connectivity index (χ2v) is 5.90. The van der Waals surface area contributed by atoms with Gasteiger partial charge in [-0.3, -0.25) is 9.36 Å². The van der Waals surface area contributed by atoms with E-state index in [0.717, 1.165) is 5.69 Å². The summed E-state index contributed by atoms with van der Waals surface area (Å²) in [7, 11) is -1.38. The lowest BCUT2D eigenvalue weighted by atomic mass is 10.3. The lowest BCUT2D eigenvalue weighted by Gasteiger charge is -2.14. The summed E-state index contributed by atoms with van der Waals surface area (Å²) in [6.07, 6.45) is 1.72. The Kier molecular flexibility index (Phi) is 4.00. The van der Waals surface area contributed by atoms with E-state index in [-0.39, 0.29) is 5.69 Å². The molecule has 0 atom stereocenters. The van der Waals surface area contributed by atoms with Crippen molar-refractivity contribution in [3.05, 3.63) is 54.4 Å². The fourth-order valence-corrected chi connectivity index (χ4v) is 2.69. The van der Waals surface area contributed by atoms with E-state index in [1.54, 1.807) is 22.9 Å². The smallest absolute Gasteiger partial charge is 0.313 e. The van der Waals surface area contributed by atoms with Crippen molar-refractivity contribution < 1.29 is 18.4 Å². The number of benzene rings is 1. The molecule has 0 aliphatic heterocycles. The lowest BCUT2D eigenvalue weighted by Crippen LogP contribution is -2.09. The summed E-state index contributed by atoms with van der Waals surface area (Å²) in [5.74, 6) is 0. The Labute approximate surface area is 111 Å². The quantitative estimate of drug-likeness (QED) is 0.789. The summed E-state index contributed by atoms with van der Waals surface area (Å²) < 4.78 is 23.2. The molecule has 2 rings (SSSR count). The van der Waals surface area contributed by atoms with Gasteiger partial charge in [0.1, 0.15) is 5.69 Å². The molecule has 0 spiro atoms. The second kappa shape index (κ2) is 5.53. The van der Waals surface area contributed by atoms with E-state index in [0.29, 0.717) is 0 Å². The first-order valence-corrected chi connectivity index (χ1v) is 7.16. The van der Waals surface area contributed by atoms with E-state index in [1.807, 2.05) is 30.3 Å². The van der Waals surface area contributed by atoms with Crippen LogP contribution in [0.3, 0.4) is 0 Å². The molecule has 0 saturated carbocycles. The topological polar surface area (TPSA) is 57.5 Å². The third-order valence-corrected chi connectivity index (χ3v) is 4.42. The highest BCUT2D eigenvalue weighted by Gasteiger charge is 2.35. The molecule has 0 saturated heterocycles. The van der Waals surface area contributed by atoms with Crippen LogP contribution in [0.2, 0.25) is 0 Å². The molecule has 2 aromatic rings. The Bertz CT molecular complexity index is 613. The Morgan fingerprint density at radius 2 is 1.68 bits per heavy atom. The molecule has 1 heterocycles. The molecule has 0 aliphatic rings. The molecule has 6 heteroatoms. The number of hydrogen-bond donors (Lipinski definition) is 0. The molecule has 0 bridgehead atoms. The van der Waals surface area contributed by atoms with E-state index >= 15 is 0 Å². The van der Waals surface area contributed by atoms with Gasteiger partial charge in [0.05, 0.1) is 0 Å². The molecule has 0 amide bonds. The monoisotopic (exact) mass is 279 g/mol. The predicted octanol–water partition coefficient (Wildman–Crippen LogP) is 3.10. The number of para-hydroxylation sites is 1. The van der Waals surface area contributed by atoms with Crippen molar-refractivity contribution in [3.63, 3.8) is 0 Å². The van der Waals surface area contributed by atoms with E-state index < -0.39 is 13.1 Å². The summed E-state index contributed by atoms with van der Waals surface area (Å²) in [4.78, 5) is 12.3. The van der Waals surface area contributed by atoms with E-state index in [2.05, 4.69) is 0 Å². The largest absolute Gasteiger partial charge is 0.402 e. The van der Waals surface area contributed by atoms with Gasteiger partial charge in [-0.25, -0.2) is 0 Å². The number of nitrogens with zero attached hydrogens (tertiary/aromatic N) is 1. The Morgan fingerprint density at radius 1 is 1.05 bits per heavy atom. The van der Waals surface area contributed by atoms with E-state index in [1.165, 1.54) is 14.2 Å². The first-order chi connectivity index (χ1) is 9.12. The summed E-state index contributed by atoms with van der Waals surface area (Å²) >= 11 is 0. The van der Waals surface area contributed by atoms with Gasteiger partial charge in [0.2, 0.25) is 0 Å². The van der Waals surface area contributed by atoms with Crippen molar-refractivity contribution in [1.29, 1.82) is 0 Å². The van der Waals surface area contributed by atoms with Crippen LogP contribution in [0.5, 0.6) is 0 Å². The fourth-order valence-electron chi connectivity index (χ4n) is 1.75. The molecular formula is C13H14NO4P. The van der Waals surface area contributed by atoms with E-state index in [9.17, 15) is 9.36 Å². The van der Waals surface area contributed by atoms with Gasteiger partial charge in [0.25, 0.3) is 5.52 Å². The van der Waals surface area contributed by atoms with Crippen molar-refractivity contribution >= 4 is 13.1 Å². The van der Waals surface area contributed by atoms with Crippen LogP contribution in [0.25, 0.3) is 5.69 Å². The van der Waals surface area contributed by atoms with Gasteiger partial charge in [-0.1, -0.05) is 18.2 Å². The number of carbonyl (C=O) groups excluding carboxylic acids is 1. The summed E-state index contributed by atoms with van der Waals surface area (Å²) in [5, 5.41) is 0. The Morgan fingerprint density at radius 3 is 2.26 bits per heavy atom. The molecule has 0 aliphatic carbocycles. The number of rotatable bonds is 5. The first-order valence-electron chi connectivity index (χ1n) is 5.61. The van der Waals surface area contributed by atoms with Crippen LogP contribution in [0.15, 0.2) is 48.7 Å². The molecule has 0 N–H and O–H groups in total. The standard InChI is InChI=1S/C13H14NO4P/c1-17-19(16,18-2)13(15)12-9-6-10-14(12)11-7-4-3-5-8-11/h3-10H,1-2H3. The van der Waals surface area contributed by atoms with Crippen LogP contribution < -0.4 is 0 Å². The van der Waals surface area contributed by atoms with Gasteiger partial charge in [0, 0.05) is 26.1 Å². The lowest BCUT2D eigenvalue weighted by molar-refractivity contribution is 0.101. The molecule has 0 unspecified atom stereocenters. The second-order valence-electron chi connectivity index (χ2n) is 3.77. The average Bonchev–Trinajstić information content (AvgIpc) is 2.95. The summed E-state index contributed by atoms with van der Waals surface area (Å²) in [6, 6.07) is 12.6. The number of carbonyl (C=O) groups is 1. The maximum absolute atomic E-state index is 12.3. The average molecular weight is 279 g/mol. The van der Waals surface area contributed by atoms with Gasteiger partial charge in [-0.05, 0) is 24.3 Å². The van der Waals surface area contributed by atoms with Crippen molar-refractivity contribution in [2.45, 2.75) is 0 Å². The van der Waals surface area contributed by atoms with Gasteiger partial charge >= 0.3 is 7.60 Å². The van der Waals surface area contributed by atoms with Crippen LogP contribution in [-0.4, -0.2) is 24.3 Å². The van der Waals surface area contributed by atoms with Crippen LogP contribution in [0, 0.1) is 0 Å². The third-order valence-electron chi connectivity index (χ3n) is 2.73. The van der Waals surface area contributed by atoms with Gasteiger partial charge in [0.15, 0.2) is 0 Å². The maximum Gasteiger partial charge on any atom is 0.402 e. The van der Waals surface area contributed by atoms with Crippen molar-refractivity contribution in [1.82, 2.24) is 4.57 Å². The summed E-state index contributed by atoms with van der Waals surface area (Å²) in [6.45, 7) is 0. The zero-order valence-corrected chi connectivity index (χ0v) is 11.5. The SMILES string of the molecule is COP(=O)(OC)C(=O)c1cccn1-c1ccccc1. The van der Waals surface area contributed by atoms with Crippen LogP contribution in [-0.2, 0) is 13.6 Å². The molecular weight excluding hydrogens is 265 g/mol. The van der Waals surface area contributed by atoms with Crippen LogP contribution >= 0.6 is 7.60 Å². The van der Waals surface area contributed by atoms with Crippen molar-refractivity contribution in [2.24, 2.45) is 0 Å². The van der Waals surface area contributed by atoms with Gasteiger partial charge in [-0.15, -0.1) is 0 Å². The molecule has 1 aromatic heterocycles. The third kappa shape index (κ3) is 2.54. The Balaban J connectivity index is 2.46. The zero-order chi connectivity index (χ0) is 13.9. The summed E-state index contributed by atoms with van der Waals surface area (Å²) in [5.41, 5.74) is 0.402. The van der Waals surface area contributed by atoms with Crippen LogP contribution in [0.1, 0.15) is 10.5 Å². The highest BCUT2D eigenvalue weighted by atomic mass is 31.2. The molecule has 5 nitrogen and oxygen atoms in total. The Hall–Kier alpha value is -1.68. The fraction of sp³-hybridized carbons (Fsp3) is 0.154. The number of hydrogen-bond acceptors (Lipinski definition) is 4. The van der Waals surface area contributed by atoms with Gasteiger partial charge in [-0.2, -0.15) is 0 Å². The highest BCUT2D eigenvalue weighted by molar-refractivity contribution is 7.72. The van der Waals surface area contributed by atoms with Gasteiger partial charge < -0.3 is 13.6 Å².